The number of nitrogens with one attached hydrogen (secondary N) is 1. The molecule has 0 aliphatic carbocycles. The molecule has 152 valence electrons. The first-order valence-corrected chi connectivity index (χ1v) is 10.7. The minimum Gasteiger partial charge on any atom is -0.349 e. The van der Waals surface area contributed by atoms with Crippen LogP contribution in [0.1, 0.15) is 35.5 Å². The van der Waals surface area contributed by atoms with Crippen LogP contribution < -0.4 is 10.5 Å². The first kappa shape index (κ1) is 20.8. The van der Waals surface area contributed by atoms with E-state index in [0.717, 1.165) is 28.2 Å². The van der Waals surface area contributed by atoms with Crippen molar-refractivity contribution in [3.63, 3.8) is 0 Å². The Hall–Kier alpha value is -2.97. The number of aryl methyl sites for hydroxylation is 1. The molecular formula is C21H24N4O3S. The number of sulfonamides is 1. The van der Waals surface area contributed by atoms with Gasteiger partial charge in [0.25, 0.3) is 0 Å². The van der Waals surface area contributed by atoms with Crippen molar-refractivity contribution in [3.05, 3.63) is 77.1 Å². The molecule has 0 radical (unpaired) electrons. The number of rotatable bonds is 6. The molecule has 2 aromatic carbocycles. The van der Waals surface area contributed by atoms with Crippen molar-refractivity contribution in [2.75, 3.05) is 0 Å². The quantitative estimate of drug-likeness (QED) is 0.649. The Kier molecular flexibility index (Phi) is 5.86. The summed E-state index contributed by atoms with van der Waals surface area (Å²) in [6, 6.07) is 15.7. The Morgan fingerprint density at radius 3 is 2.31 bits per heavy atom. The number of amides is 1. The van der Waals surface area contributed by atoms with Crippen LogP contribution in [0.25, 0.3) is 5.69 Å². The van der Waals surface area contributed by atoms with Crippen LogP contribution >= 0.6 is 0 Å². The molecule has 0 saturated heterocycles. The van der Waals surface area contributed by atoms with Crippen molar-refractivity contribution in [1.29, 1.82) is 0 Å². The molecule has 0 fully saturated rings. The largest absolute Gasteiger partial charge is 0.349 e. The lowest BCUT2D eigenvalue weighted by atomic mass is 10.1. The number of hydrogen-bond acceptors (Lipinski definition) is 4. The van der Waals surface area contributed by atoms with Crippen LogP contribution in [0.2, 0.25) is 0 Å². The van der Waals surface area contributed by atoms with Crippen LogP contribution in [0.5, 0.6) is 0 Å². The summed E-state index contributed by atoms with van der Waals surface area (Å²) in [5, 5.41) is 12.6. The molecule has 0 spiro atoms. The molecule has 1 amide bonds. The average Bonchev–Trinajstić information content (AvgIpc) is 2.96. The number of aromatic nitrogens is 2. The third-order valence-electron chi connectivity index (χ3n) is 4.87. The van der Waals surface area contributed by atoms with Crippen molar-refractivity contribution in [2.45, 2.75) is 38.1 Å². The standard InChI is InChI=1S/C21H24N4O3S/c1-14(17-9-11-19(12-10-17)29(22,27)28)23-21(26)13-20-15(2)24-25(16(20)3)18-7-5-4-6-8-18/h4-12,14H,13H2,1-3H3,(H,23,26)(H2,22,27,28). The van der Waals surface area contributed by atoms with E-state index in [1.165, 1.54) is 12.1 Å². The molecule has 3 aromatic rings. The van der Waals surface area contributed by atoms with E-state index < -0.39 is 10.0 Å². The van der Waals surface area contributed by atoms with E-state index in [2.05, 4.69) is 10.4 Å². The first-order chi connectivity index (χ1) is 13.7. The summed E-state index contributed by atoms with van der Waals surface area (Å²) in [5.41, 5.74) is 4.37. The lowest BCUT2D eigenvalue weighted by molar-refractivity contribution is -0.121. The van der Waals surface area contributed by atoms with Gasteiger partial charge in [-0.3, -0.25) is 4.79 Å². The second kappa shape index (κ2) is 8.18. The van der Waals surface area contributed by atoms with Gasteiger partial charge in [-0.1, -0.05) is 30.3 Å². The van der Waals surface area contributed by atoms with Crippen LogP contribution in [-0.4, -0.2) is 24.1 Å². The van der Waals surface area contributed by atoms with Gasteiger partial charge in [0.1, 0.15) is 0 Å². The van der Waals surface area contributed by atoms with Gasteiger partial charge in [0.2, 0.25) is 15.9 Å². The van der Waals surface area contributed by atoms with Crippen LogP contribution in [0, 0.1) is 13.8 Å². The molecular weight excluding hydrogens is 388 g/mol. The summed E-state index contributed by atoms with van der Waals surface area (Å²) in [7, 11) is -3.74. The van der Waals surface area contributed by atoms with Crippen molar-refractivity contribution in [3.8, 4) is 5.69 Å². The summed E-state index contributed by atoms with van der Waals surface area (Å²) in [4.78, 5) is 12.6. The summed E-state index contributed by atoms with van der Waals surface area (Å²) >= 11 is 0. The number of carbonyl (C=O) groups excluding carboxylic acids is 1. The van der Waals surface area contributed by atoms with Gasteiger partial charge in [-0.05, 0) is 50.6 Å². The number of carbonyl (C=O) groups is 1. The molecule has 3 rings (SSSR count). The maximum Gasteiger partial charge on any atom is 0.238 e. The predicted molar refractivity (Wildman–Crippen MR) is 111 cm³/mol. The molecule has 1 aromatic heterocycles. The zero-order valence-electron chi connectivity index (χ0n) is 16.6. The minimum absolute atomic E-state index is 0.0411. The molecule has 3 N–H and O–H groups in total. The topological polar surface area (TPSA) is 107 Å². The number of nitrogens with two attached hydrogens (primary N) is 1. The lowest BCUT2D eigenvalue weighted by Crippen LogP contribution is -2.28. The highest BCUT2D eigenvalue weighted by Gasteiger charge is 2.18. The van der Waals surface area contributed by atoms with Gasteiger partial charge in [-0.15, -0.1) is 0 Å². The van der Waals surface area contributed by atoms with E-state index in [-0.39, 0.29) is 23.3 Å². The Labute approximate surface area is 170 Å². The molecule has 8 heteroatoms. The summed E-state index contributed by atoms with van der Waals surface area (Å²) in [5.74, 6) is -0.133. The van der Waals surface area contributed by atoms with Gasteiger partial charge in [0, 0.05) is 11.3 Å². The molecule has 0 saturated carbocycles. The maximum absolute atomic E-state index is 12.6. The zero-order valence-corrected chi connectivity index (χ0v) is 17.4. The summed E-state index contributed by atoms with van der Waals surface area (Å²) < 4.78 is 24.6. The van der Waals surface area contributed by atoms with Crippen LogP contribution in [0.3, 0.4) is 0 Å². The second-order valence-corrected chi connectivity index (χ2v) is 8.54. The van der Waals surface area contributed by atoms with Gasteiger partial charge in [-0.2, -0.15) is 5.10 Å². The van der Waals surface area contributed by atoms with E-state index in [9.17, 15) is 13.2 Å². The fraction of sp³-hybridized carbons (Fsp3) is 0.238. The minimum atomic E-state index is -3.74. The summed E-state index contributed by atoms with van der Waals surface area (Å²) in [6.45, 7) is 5.69. The smallest absolute Gasteiger partial charge is 0.238 e. The van der Waals surface area contributed by atoms with E-state index in [1.54, 1.807) is 12.1 Å². The van der Waals surface area contributed by atoms with Crippen LogP contribution in [0.4, 0.5) is 0 Å². The molecule has 0 aliphatic rings. The van der Waals surface area contributed by atoms with E-state index in [0.29, 0.717) is 0 Å². The number of para-hydroxylation sites is 1. The average molecular weight is 413 g/mol. The third-order valence-corrected chi connectivity index (χ3v) is 5.79. The van der Waals surface area contributed by atoms with Crippen molar-refractivity contribution in [1.82, 2.24) is 15.1 Å². The normalized spacial score (nSPS) is 12.6. The molecule has 1 unspecified atom stereocenters. The number of nitrogens with zero attached hydrogens (tertiary/aromatic N) is 2. The van der Waals surface area contributed by atoms with E-state index in [1.807, 2.05) is 55.8 Å². The van der Waals surface area contributed by atoms with Gasteiger partial charge < -0.3 is 5.32 Å². The maximum atomic E-state index is 12.6. The van der Waals surface area contributed by atoms with E-state index in [4.69, 9.17) is 5.14 Å². The Bertz CT molecular complexity index is 1120. The molecule has 1 heterocycles. The number of hydrogen-bond donors (Lipinski definition) is 2. The predicted octanol–water partition coefficient (Wildman–Crippen LogP) is 2.56. The Morgan fingerprint density at radius 2 is 1.72 bits per heavy atom. The molecule has 7 nitrogen and oxygen atoms in total. The SMILES string of the molecule is Cc1nn(-c2ccccc2)c(C)c1CC(=O)NC(C)c1ccc(S(N)(=O)=O)cc1. The highest BCUT2D eigenvalue weighted by molar-refractivity contribution is 7.89. The summed E-state index contributed by atoms with van der Waals surface area (Å²) in [6.07, 6.45) is 0.212. The second-order valence-electron chi connectivity index (χ2n) is 6.98. The van der Waals surface area contributed by atoms with Crippen molar-refractivity contribution >= 4 is 15.9 Å². The van der Waals surface area contributed by atoms with E-state index >= 15 is 0 Å². The fourth-order valence-corrected chi connectivity index (χ4v) is 3.75. The van der Waals surface area contributed by atoms with Gasteiger partial charge in [-0.25, -0.2) is 18.2 Å². The van der Waals surface area contributed by atoms with Crippen molar-refractivity contribution < 1.29 is 13.2 Å². The van der Waals surface area contributed by atoms with Gasteiger partial charge in [0.05, 0.1) is 28.7 Å². The van der Waals surface area contributed by atoms with Gasteiger partial charge >= 0.3 is 0 Å². The zero-order chi connectivity index (χ0) is 21.2. The molecule has 29 heavy (non-hydrogen) atoms. The number of benzene rings is 2. The monoisotopic (exact) mass is 412 g/mol. The lowest BCUT2D eigenvalue weighted by Gasteiger charge is -2.15. The fourth-order valence-electron chi connectivity index (χ4n) is 3.23. The Morgan fingerprint density at radius 1 is 1.10 bits per heavy atom. The molecule has 0 bridgehead atoms. The highest BCUT2D eigenvalue weighted by atomic mass is 32.2. The van der Waals surface area contributed by atoms with Crippen LogP contribution in [0.15, 0.2) is 59.5 Å². The molecule has 1 atom stereocenters. The van der Waals surface area contributed by atoms with Crippen LogP contribution in [-0.2, 0) is 21.2 Å². The molecule has 0 aliphatic heterocycles. The highest BCUT2D eigenvalue weighted by Crippen LogP contribution is 2.20. The van der Waals surface area contributed by atoms with Gasteiger partial charge in [0.15, 0.2) is 0 Å². The number of primary sulfonamides is 1. The Balaban J connectivity index is 1.72. The first-order valence-electron chi connectivity index (χ1n) is 9.19. The van der Waals surface area contributed by atoms with Crippen molar-refractivity contribution in [2.24, 2.45) is 5.14 Å². The third kappa shape index (κ3) is 4.72.